The fourth-order valence-electron chi connectivity index (χ4n) is 2.91. The first kappa shape index (κ1) is 16.1. The molecule has 0 aromatic heterocycles. The molecule has 0 spiro atoms. The lowest BCUT2D eigenvalue weighted by Gasteiger charge is -2.29. The molecule has 0 aliphatic heterocycles. The predicted molar refractivity (Wildman–Crippen MR) is 84.0 cm³/mol. The Morgan fingerprint density at radius 3 is 2.48 bits per heavy atom. The molecule has 1 aliphatic carbocycles. The molecule has 21 heavy (non-hydrogen) atoms. The van der Waals surface area contributed by atoms with E-state index < -0.39 is 10.0 Å². The molecule has 3 N–H and O–H groups in total. The van der Waals surface area contributed by atoms with E-state index in [9.17, 15) is 8.42 Å². The molecule has 0 amide bonds. The fraction of sp³-hybridized carbons (Fsp3) is 0.600. The summed E-state index contributed by atoms with van der Waals surface area (Å²) in [4.78, 5) is 0.105. The van der Waals surface area contributed by atoms with Gasteiger partial charge in [0.1, 0.15) is 5.75 Å². The third-order valence-corrected chi connectivity index (χ3v) is 5.19. The largest absolute Gasteiger partial charge is 0.495 e. The van der Waals surface area contributed by atoms with Crippen molar-refractivity contribution in [2.24, 2.45) is 11.1 Å². The van der Waals surface area contributed by atoms with Crippen LogP contribution in [0.25, 0.3) is 0 Å². The molecule has 1 aliphatic rings. The van der Waals surface area contributed by atoms with E-state index in [1.54, 1.807) is 19.2 Å². The molecule has 0 bridgehead atoms. The smallest absolute Gasteiger partial charge is 0.238 e. The Bertz CT molecular complexity index is 579. The van der Waals surface area contributed by atoms with Crippen molar-refractivity contribution in [1.29, 1.82) is 0 Å². The Balaban J connectivity index is 2.15. The number of hydrogen-bond acceptors (Lipinski definition) is 4. The van der Waals surface area contributed by atoms with Gasteiger partial charge in [-0.3, -0.25) is 0 Å². The average molecular weight is 312 g/mol. The van der Waals surface area contributed by atoms with E-state index >= 15 is 0 Å². The number of nitrogens with one attached hydrogen (secondary N) is 1. The zero-order valence-electron chi connectivity index (χ0n) is 12.6. The minimum atomic E-state index is -3.70. The van der Waals surface area contributed by atoms with Crippen LogP contribution in [0.5, 0.6) is 5.75 Å². The summed E-state index contributed by atoms with van der Waals surface area (Å²) < 4.78 is 28.2. The van der Waals surface area contributed by atoms with E-state index in [0.29, 0.717) is 17.5 Å². The second kappa shape index (κ2) is 6.66. The predicted octanol–water partition coefficient (Wildman–Crippen LogP) is 2.72. The molecule has 0 saturated heterocycles. The van der Waals surface area contributed by atoms with Gasteiger partial charge in [-0.2, -0.15) is 0 Å². The first-order chi connectivity index (χ1) is 9.94. The zero-order valence-corrected chi connectivity index (χ0v) is 13.4. The molecule has 5 nitrogen and oxygen atoms in total. The van der Waals surface area contributed by atoms with Crippen LogP contribution in [0.4, 0.5) is 5.69 Å². The van der Waals surface area contributed by atoms with E-state index in [0.717, 1.165) is 18.8 Å². The maximum Gasteiger partial charge on any atom is 0.238 e. The summed E-state index contributed by atoms with van der Waals surface area (Å²) in [5, 5.41) is 8.60. The lowest BCUT2D eigenvalue weighted by molar-refractivity contribution is 0.329. The molecule has 1 saturated carbocycles. The molecule has 0 atom stereocenters. The highest BCUT2D eigenvalue weighted by atomic mass is 32.2. The van der Waals surface area contributed by atoms with Crippen LogP contribution in [0.2, 0.25) is 0 Å². The van der Waals surface area contributed by atoms with Gasteiger partial charge in [0, 0.05) is 6.04 Å². The van der Waals surface area contributed by atoms with E-state index in [4.69, 9.17) is 9.88 Å². The van der Waals surface area contributed by atoms with Crippen molar-refractivity contribution < 1.29 is 13.2 Å². The summed E-state index contributed by atoms with van der Waals surface area (Å²) >= 11 is 0. The Hall–Kier alpha value is -1.27. The minimum absolute atomic E-state index is 0.105. The summed E-state index contributed by atoms with van der Waals surface area (Å²) in [6.07, 6.45) is 5.86. The van der Waals surface area contributed by atoms with Crippen molar-refractivity contribution in [3.8, 4) is 5.75 Å². The van der Waals surface area contributed by atoms with Crippen LogP contribution in [-0.4, -0.2) is 21.6 Å². The lowest BCUT2D eigenvalue weighted by atomic mass is 9.84. The van der Waals surface area contributed by atoms with Crippen LogP contribution in [0.15, 0.2) is 23.1 Å². The number of rotatable bonds is 5. The molecule has 0 unspecified atom stereocenters. The van der Waals surface area contributed by atoms with Crippen LogP contribution in [0.1, 0.15) is 39.0 Å². The summed E-state index contributed by atoms with van der Waals surface area (Å²) in [6.45, 7) is 2.23. The van der Waals surface area contributed by atoms with E-state index in [2.05, 4.69) is 12.2 Å². The Labute approximate surface area is 126 Å². The normalized spacial score (nSPS) is 22.8. The van der Waals surface area contributed by atoms with Crippen LogP contribution < -0.4 is 15.2 Å². The molecule has 1 aromatic carbocycles. The van der Waals surface area contributed by atoms with Gasteiger partial charge in [-0.25, -0.2) is 13.6 Å². The Morgan fingerprint density at radius 1 is 1.29 bits per heavy atom. The van der Waals surface area contributed by atoms with Crippen molar-refractivity contribution in [2.45, 2.75) is 50.0 Å². The highest BCUT2D eigenvalue weighted by Gasteiger charge is 2.21. The number of hydrogen-bond donors (Lipinski definition) is 2. The van der Waals surface area contributed by atoms with Crippen molar-refractivity contribution >= 4 is 15.7 Å². The molecule has 118 valence electrons. The monoisotopic (exact) mass is 312 g/mol. The van der Waals surface area contributed by atoms with E-state index in [1.165, 1.54) is 25.3 Å². The molecule has 6 heteroatoms. The second-order valence-corrected chi connectivity index (χ2v) is 7.24. The third kappa shape index (κ3) is 4.11. The standard InChI is InChI=1S/C15H24N2O3S/c1-3-11-4-6-12(7-5-11)17-14-10-13(21(16,18)19)8-9-15(14)20-2/h8-12,17H,3-7H2,1-2H3,(H2,16,18,19). The fourth-order valence-corrected chi connectivity index (χ4v) is 3.45. The van der Waals surface area contributed by atoms with Gasteiger partial charge in [0.2, 0.25) is 10.0 Å². The molecule has 0 heterocycles. The number of benzene rings is 1. The summed E-state index contributed by atoms with van der Waals surface area (Å²) in [6, 6.07) is 5.02. The number of nitrogens with two attached hydrogens (primary N) is 1. The number of ether oxygens (including phenoxy) is 1. The number of methoxy groups -OCH3 is 1. The van der Waals surface area contributed by atoms with Crippen LogP contribution in [-0.2, 0) is 10.0 Å². The van der Waals surface area contributed by atoms with Crippen molar-refractivity contribution in [3.05, 3.63) is 18.2 Å². The summed E-state index contributed by atoms with van der Waals surface area (Å²) in [5.41, 5.74) is 0.698. The molecule has 0 radical (unpaired) electrons. The Morgan fingerprint density at radius 2 is 1.95 bits per heavy atom. The van der Waals surface area contributed by atoms with Gasteiger partial charge < -0.3 is 10.1 Å². The maximum atomic E-state index is 11.5. The average Bonchev–Trinajstić information content (AvgIpc) is 2.47. The minimum Gasteiger partial charge on any atom is -0.495 e. The van der Waals surface area contributed by atoms with Gasteiger partial charge in [0.15, 0.2) is 0 Å². The first-order valence-corrected chi connectivity index (χ1v) is 8.96. The van der Waals surface area contributed by atoms with Gasteiger partial charge in [-0.1, -0.05) is 13.3 Å². The van der Waals surface area contributed by atoms with Gasteiger partial charge in [-0.15, -0.1) is 0 Å². The van der Waals surface area contributed by atoms with Gasteiger partial charge >= 0.3 is 0 Å². The lowest BCUT2D eigenvalue weighted by Crippen LogP contribution is -2.26. The highest BCUT2D eigenvalue weighted by molar-refractivity contribution is 7.89. The topological polar surface area (TPSA) is 81.4 Å². The molecule has 2 rings (SSSR count). The van der Waals surface area contributed by atoms with E-state index in [-0.39, 0.29) is 4.90 Å². The zero-order chi connectivity index (χ0) is 15.5. The SMILES string of the molecule is CCC1CCC(Nc2cc(S(N)(=O)=O)ccc2OC)CC1. The molecule has 1 aromatic rings. The molecular formula is C15H24N2O3S. The quantitative estimate of drug-likeness (QED) is 0.876. The van der Waals surface area contributed by atoms with Crippen LogP contribution >= 0.6 is 0 Å². The maximum absolute atomic E-state index is 11.5. The second-order valence-electron chi connectivity index (χ2n) is 5.68. The third-order valence-electron chi connectivity index (χ3n) is 4.28. The van der Waals surface area contributed by atoms with Crippen molar-refractivity contribution in [2.75, 3.05) is 12.4 Å². The van der Waals surface area contributed by atoms with Gasteiger partial charge in [-0.05, 0) is 49.8 Å². The molecule has 1 fully saturated rings. The number of sulfonamides is 1. The number of primary sulfonamides is 1. The summed E-state index contributed by atoms with van der Waals surface area (Å²) in [7, 11) is -2.12. The van der Waals surface area contributed by atoms with Gasteiger partial charge in [0.25, 0.3) is 0 Å². The van der Waals surface area contributed by atoms with Crippen LogP contribution in [0, 0.1) is 5.92 Å². The molecular weight excluding hydrogens is 288 g/mol. The highest BCUT2D eigenvalue weighted by Crippen LogP contribution is 2.32. The van der Waals surface area contributed by atoms with Crippen molar-refractivity contribution in [3.63, 3.8) is 0 Å². The number of anilines is 1. The Kier molecular flexibility index (Phi) is 5.11. The summed E-state index contributed by atoms with van der Waals surface area (Å²) in [5.74, 6) is 1.46. The first-order valence-electron chi connectivity index (χ1n) is 7.41. The van der Waals surface area contributed by atoms with Gasteiger partial charge in [0.05, 0.1) is 17.7 Å². The van der Waals surface area contributed by atoms with Crippen LogP contribution in [0.3, 0.4) is 0 Å². The van der Waals surface area contributed by atoms with E-state index in [1.807, 2.05) is 0 Å². The van der Waals surface area contributed by atoms with Crippen molar-refractivity contribution in [1.82, 2.24) is 0 Å².